The van der Waals surface area contributed by atoms with Gasteiger partial charge in [0.25, 0.3) is 0 Å². The van der Waals surface area contributed by atoms with Crippen molar-refractivity contribution in [2.75, 3.05) is 32.8 Å². The molecule has 4 nitrogen and oxygen atoms in total. The van der Waals surface area contributed by atoms with Crippen LogP contribution in [0, 0.1) is 5.92 Å². The van der Waals surface area contributed by atoms with Gasteiger partial charge in [-0.2, -0.15) is 0 Å². The van der Waals surface area contributed by atoms with Gasteiger partial charge < -0.3 is 4.74 Å². The molecule has 4 rings (SSSR count). The van der Waals surface area contributed by atoms with E-state index in [1.807, 2.05) is 78.9 Å². The van der Waals surface area contributed by atoms with Gasteiger partial charge in [0.2, 0.25) is 0 Å². The number of ketones is 2. The van der Waals surface area contributed by atoms with Gasteiger partial charge in [0, 0.05) is 48.2 Å². The van der Waals surface area contributed by atoms with E-state index in [4.69, 9.17) is 4.74 Å². The maximum Gasteiger partial charge on any atom is 0.189 e. The molecule has 0 N–H and O–H groups in total. The van der Waals surface area contributed by atoms with E-state index in [0.717, 1.165) is 18.7 Å². The Morgan fingerprint density at radius 2 is 1.30 bits per heavy atom. The molecule has 2 atom stereocenters. The molecular weight excluding hydrogens is 410 g/mol. The predicted molar refractivity (Wildman–Crippen MR) is 131 cm³/mol. The Balaban J connectivity index is 1.75. The van der Waals surface area contributed by atoms with Crippen LogP contribution in [-0.2, 0) is 4.74 Å². The molecule has 1 saturated heterocycles. The highest BCUT2D eigenvalue weighted by Crippen LogP contribution is 2.36. The minimum absolute atomic E-state index is 0.0259. The number of nitrogens with zero attached hydrogens (tertiary/aromatic N) is 1. The van der Waals surface area contributed by atoms with Gasteiger partial charge in [-0.15, -0.1) is 0 Å². The van der Waals surface area contributed by atoms with E-state index in [1.54, 1.807) is 12.1 Å². The molecular formula is C29H29NO3. The number of rotatable bonds is 9. The molecule has 1 fully saturated rings. The van der Waals surface area contributed by atoms with Crippen molar-refractivity contribution in [1.29, 1.82) is 0 Å². The van der Waals surface area contributed by atoms with E-state index >= 15 is 0 Å². The SMILES string of the molecule is C=C(C(=O)c1ccccc1)[C@@H](c1ccccc1)[C@@H](CN1CCOCC1)C(=O)c1ccccc1. The van der Waals surface area contributed by atoms with Crippen LogP contribution in [-0.4, -0.2) is 49.3 Å². The summed E-state index contributed by atoms with van der Waals surface area (Å²) in [4.78, 5) is 29.6. The third-order valence-corrected chi connectivity index (χ3v) is 6.22. The zero-order valence-corrected chi connectivity index (χ0v) is 18.7. The van der Waals surface area contributed by atoms with E-state index in [2.05, 4.69) is 11.5 Å². The summed E-state index contributed by atoms with van der Waals surface area (Å²) in [7, 11) is 0. The molecule has 1 aliphatic heterocycles. The van der Waals surface area contributed by atoms with Crippen molar-refractivity contribution >= 4 is 11.6 Å². The quantitative estimate of drug-likeness (QED) is 0.346. The second-order valence-electron chi connectivity index (χ2n) is 8.36. The molecule has 0 radical (unpaired) electrons. The van der Waals surface area contributed by atoms with Gasteiger partial charge in [-0.3, -0.25) is 14.5 Å². The zero-order valence-electron chi connectivity index (χ0n) is 18.7. The summed E-state index contributed by atoms with van der Waals surface area (Å²) in [6, 6.07) is 28.3. The van der Waals surface area contributed by atoms with Crippen molar-refractivity contribution < 1.29 is 14.3 Å². The number of carbonyl (C=O) groups excluding carboxylic acids is 2. The maximum absolute atomic E-state index is 13.9. The third-order valence-electron chi connectivity index (χ3n) is 6.22. The molecule has 0 saturated carbocycles. The highest BCUT2D eigenvalue weighted by Gasteiger charge is 2.36. The number of Topliss-reactive ketones (excluding diaryl/α,β-unsaturated/α-hetero) is 2. The van der Waals surface area contributed by atoms with Crippen molar-refractivity contribution in [1.82, 2.24) is 4.90 Å². The molecule has 0 unspecified atom stereocenters. The first-order valence-electron chi connectivity index (χ1n) is 11.4. The lowest BCUT2D eigenvalue weighted by atomic mass is 9.75. The second-order valence-corrected chi connectivity index (χ2v) is 8.36. The number of benzene rings is 3. The third kappa shape index (κ3) is 5.54. The molecule has 1 aliphatic rings. The Kier molecular flexibility index (Phi) is 7.61. The number of allylic oxidation sites excluding steroid dienone is 1. The Labute approximate surface area is 195 Å². The van der Waals surface area contributed by atoms with Crippen LogP contribution >= 0.6 is 0 Å². The second kappa shape index (κ2) is 11.0. The summed E-state index contributed by atoms with van der Waals surface area (Å²) in [5.41, 5.74) is 2.60. The number of hydrogen-bond acceptors (Lipinski definition) is 4. The van der Waals surface area contributed by atoms with Crippen molar-refractivity contribution in [2.24, 2.45) is 5.92 Å². The van der Waals surface area contributed by atoms with E-state index < -0.39 is 11.8 Å². The largest absolute Gasteiger partial charge is 0.379 e. The normalized spacial score (nSPS) is 16.0. The first kappa shape index (κ1) is 22.8. The van der Waals surface area contributed by atoms with E-state index in [1.165, 1.54) is 0 Å². The number of morpholine rings is 1. The van der Waals surface area contributed by atoms with Crippen molar-refractivity contribution in [3.8, 4) is 0 Å². The fourth-order valence-corrected chi connectivity index (χ4v) is 4.47. The fourth-order valence-electron chi connectivity index (χ4n) is 4.47. The first-order valence-corrected chi connectivity index (χ1v) is 11.4. The lowest BCUT2D eigenvalue weighted by molar-refractivity contribution is 0.0288. The van der Waals surface area contributed by atoms with Gasteiger partial charge in [-0.1, -0.05) is 97.6 Å². The minimum atomic E-state index is -0.451. The summed E-state index contributed by atoms with van der Waals surface area (Å²) < 4.78 is 5.52. The molecule has 4 heteroatoms. The van der Waals surface area contributed by atoms with Crippen LogP contribution in [0.3, 0.4) is 0 Å². The minimum Gasteiger partial charge on any atom is -0.379 e. The molecule has 3 aromatic carbocycles. The van der Waals surface area contributed by atoms with Crippen LogP contribution in [0.1, 0.15) is 32.2 Å². The lowest BCUT2D eigenvalue weighted by Crippen LogP contribution is -2.43. The van der Waals surface area contributed by atoms with Gasteiger partial charge in [0.15, 0.2) is 11.6 Å². The van der Waals surface area contributed by atoms with Crippen molar-refractivity contribution in [2.45, 2.75) is 5.92 Å². The van der Waals surface area contributed by atoms with E-state index in [9.17, 15) is 9.59 Å². The highest BCUT2D eigenvalue weighted by molar-refractivity contribution is 6.10. The molecule has 33 heavy (non-hydrogen) atoms. The Hall–Kier alpha value is -3.34. The Bertz CT molecular complexity index is 1070. The topological polar surface area (TPSA) is 46.6 Å². The summed E-state index contributed by atoms with van der Waals surface area (Å²) in [6.45, 7) is 7.61. The molecule has 3 aromatic rings. The van der Waals surface area contributed by atoms with Crippen LogP contribution in [0.25, 0.3) is 0 Å². The summed E-state index contributed by atoms with van der Waals surface area (Å²) in [5.74, 6) is -0.988. The van der Waals surface area contributed by atoms with E-state index in [0.29, 0.717) is 36.5 Å². The molecule has 168 valence electrons. The molecule has 0 spiro atoms. The fraction of sp³-hybridized carbons (Fsp3) is 0.241. The summed E-state index contributed by atoms with van der Waals surface area (Å²) >= 11 is 0. The molecule has 0 aliphatic carbocycles. The maximum atomic E-state index is 13.9. The summed E-state index contributed by atoms with van der Waals surface area (Å²) in [5, 5.41) is 0. The van der Waals surface area contributed by atoms with Gasteiger partial charge in [0.05, 0.1) is 13.2 Å². The summed E-state index contributed by atoms with van der Waals surface area (Å²) in [6.07, 6.45) is 0. The number of ether oxygens (including phenoxy) is 1. The average Bonchev–Trinajstić information content (AvgIpc) is 2.89. The average molecular weight is 440 g/mol. The number of carbonyl (C=O) groups is 2. The van der Waals surface area contributed by atoms with Crippen LogP contribution < -0.4 is 0 Å². The first-order chi connectivity index (χ1) is 16.1. The van der Waals surface area contributed by atoms with Gasteiger partial charge >= 0.3 is 0 Å². The van der Waals surface area contributed by atoms with Crippen molar-refractivity contribution in [3.63, 3.8) is 0 Å². The van der Waals surface area contributed by atoms with Gasteiger partial charge in [-0.25, -0.2) is 0 Å². The lowest BCUT2D eigenvalue weighted by Gasteiger charge is -2.34. The van der Waals surface area contributed by atoms with E-state index in [-0.39, 0.29) is 11.6 Å². The van der Waals surface area contributed by atoms with Crippen LogP contribution in [0.4, 0.5) is 0 Å². The number of hydrogen-bond donors (Lipinski definition) is 0. The molecule has 0 amide bonds. The van der Waals surface area contributed by atoms with Crippen LogP contribution in [0.5, 0.6) is 0 Å². The monoisotopic (exact) mass is 439 g/mol. The van der Waals surface area contributed by atoms with Gasteiger partial charge in [0.1, 0.15) is 0 Å². The highest BCUT2D eigenvalue weighted by atomic mass is 16.5. The molecule has 0 aromatic heterocycles. The van der Waals surface area contributed by atoms with Crippen LogP contribution in [0.15, 0.2) is 103 Å². The molecule has 1 heterocycles. The Morgan fingerprint density at radius 1 is 0.788 bits per heavy atom. The molecule has 0 bridgehead atoms. The predicted octanol–water partition coefficient (Wildman–Crippen LogP) is 5.04. The Morgan fingerprint density at radius 3 is 1.88 bits per heavy atom. The van der Waals surface area contributed by atoms with Gasteiger partial charge in [-0.05, 0) is 5.56 Å². The van der Waals surface area contributed by atoms with Crippen molar-refractivity contribution in [3.05, 3.63) is 120 Å². The zero-order chi connectivity index (χ0) is 23.0. The standard InChI is InChI=1S/C29H29NO3/c1-22(28(31)24-13-7-3-8-14-24)27(23-11-5-2-6-12-23)26(21-30-17-19-33-20-18-30)29(32)25-15-9-4-10-16-25/h2-16,26-27H,1,17-21H2/t26-,27+/m1/s1. The van der Waals surface area contributed by atoms with Crippen LogP contribution in [0.2, 0.25) is 0 Å². The smallest absolute Gasteiger partial charge is 0.189 e.